The number of aliphatic hydroxyl groups is 1. The molecule has 0 bridgehead atoms. The largest absolute Gasteiger partial charge is 0.493 e. The normalized spacial score (nSPS) is 9.82. The molecule has 17 heavy (non-hydrogen) atoms. The fraction of sp³-hybridized carbons (Fsp3) is 0.417. The second-order valence-corrected chi connectivity index (χ2v) is 3.28. The maximum absolute atomic E-state index is 10.9. The number of carbonyl (C=O) groups is 1. The van der Waals surface area contributed by atoms with Crippen LogP contribution in [0.5, 0.6) is 11.5 Å². The summed E-state index contributed by atoms with van der Waals surface area (Å²) in [6, 6.07) is 5.22. The zero-order valence-electron chi connectivity index (χ0n) is 9.93. The molecule has 0 fully saturated rings. The molecule has 0 atom stereocenters. The summed E-state index contributed by atoms with van der Waals surface area (Å²) in [5.74, 6) is 0.647. The first-order chi connectivity index (χ1) is 8.22. The molecule has 0 unspecified atom stereocenters. The monoisotopic (exact) mass is 240 g/mol. The molecule has 1 aromatic carbocycles. The van der Waals surface area contributed by atoms with Crippen molar-refractivity contribution in [2.75, 3.05) is 20.8 Å². The van der Waals surface area contributed by atoms with Crippen LogP contribution in [-0.4, -0.2) is 31.9 Å². The number of hydrogen-bond donors (Lipinski definition) is 1. The second-order valence-electron chi connectivity index (χ2n) is 3.28. The molecule has 1 aromatic rings. The van der Waals surface area contributed by atoms with Crippen molar-refractivity contribution < 1.29 is 24.1 Å². The van der Waals surface area contributed by atoms with Crippen molar-refractivity contribution in [2.45, 2.75) is 13.0 Å². The first-order valence-electron chi connectivity index (χ1n) is 5.19. The highest BCUT2D eigenvalue weighted by Crippen LogP contribution is 2.31. The van der Waals surface area contributed by atoms with E-state index in [-0.39, 0.29) is 25.6 Å². The van der Waals surface area contributed by atoms with Gasteiger partial charge in [0.1, 0.15) is 0 Å². The third-order valence-electron chi connectivity index (χ3n) is 2.23. The van der Waals surface area contributed by atoms with E-state index in [2.05, 4.69) is 4.74 Å². The number of rotatable bonds is 6. The van der Waals surface area contributed by atoms with Crippen molar-refractivity contribution in [3.05, 3.63) is 23.8 Å². The summed E-state index contributed by atoms with van der Waals surface area (Å²) >= 11 is 0. The van der Waals surface area contributed by atoms with Gasteiger partial charge >= 0.3 is 5.97 Å². The van der Waals surface area contributed by atoms with Crippen LogP contribution in [0.25, 0.3) is 0 Å². The Morgan fingerprint density at radius 2 is 2.12 bits per heavy atom. The number of para-hydroxylation sites is 1. The molecule has 1 rings (SSSR count). The number of aliphatic hydroxyl groups excluding tert-OH is 1. The van der Waals surface area contributed by atoms with E-state index in [1.807, 2.05) is 0 Å². The Labute approximate surface area is 99.9 Å². The highest BCUT2D eigenvalue weighted by molar-refractivity contribution is 5.69. The van der Waals surface area contributed by atoms with Crippen LogP contribution in [0.2, 0.25) is 0 Å². The van der Waals surface area contributed by atoms with Gasteiger partial charge in [-0.3, -0.25) is 4.79 Å². The Bertz CT molecular complexity index is 353. The Balaban J connectivity index is 2.71. The van der Waals surface area contributed by atoms with Gasteiger partial charge in [0, 0.05) is 5.56 Å². The predicted octanol–water partition coefficient (Wildman–Crippen LogP) is 1.13. The van der Waals surface area contributed by atoms with E-state index in [1.54, 1.807) is 18.2 Å². The zero-order valence-corrected chi connectivity index (χ0v) is 9.93. The lowest BCUT2D eigenvalue weighted by molar-refractivity contribution is -0.141. The van der Waals surface area contributed by atoms with E-state index >= 15 is 0 Å². The van der Waals surface area contributed by atoms with Crippen molar-refractivity contribution >= 4 is 5.97 Å². The van der Waals surface area contributed by atoms with Gasteiger partial charge in [-0.05, 0) is 6.07 Å². The molecule has 1 N–H and O–H groups in total. The molecule has 5 heteroatoms. The van der Waals surface area contributed by atoms with E-state index in [9.17, 15) is 4.79 Å². The summed E-state index contributed by atoms with van der Waals surface area (Å²) in [7, 11) is 2.84. The van der Waals surface area contributed by atoms with Gasteiger partial charge in [0.15, 0.2) is 11.5 Å². The first kappa shape index (κ1) is 13.3. The van der Waals surface area contributed by atoms with Crippen LogP contribution in [0.15, 0.2) is 18.2 Å². The van der Waals surface area contributed by atoms with Gasteiger partial charge < -0.3 is 19.3 Å². The molecule has 0 amide bonds. The van der Waals surface area contributed by atoms with E-state index in [0.717, 1.165) is 0 Å². The Morgan fingerprint density at radius 1 is 1.35 bits per heavy atom. The van der Waals surface area contributed by atoms with Gasteiger partial charge in [-0.15, -0.1) is 0 Å². The number of esters is 1. The van der Waals surface area contributed by atoms with Crippen LogP contribution in [0, 0.1) is 0 Å². The maximum atomic E-state index is 10.9. The molecule has 94 valence electrons. The van der Waals surface area contributed by atoms with Crippen molar-refractivity contribution in [1.82, 2.24) is 0 Å². The minimum absolute atomic E-state index is 0.148. The van der Waals surface area contributed by atoms with Crippen molar-refractivity contribution in [2.24, 2.45) is 0 Å². The predicted molar refractivity (Wildman–Crippen MR) is 61.0 cm³/mol. The van der Waals surface area contributed by atoms with Crippen LogP contribution in [0.4, 0.5) is 0 Å². The lowest BCUT2D eigenvalue weighted by atomic mass is 10.2. The number of hydrogen-bond acceptors (Lipinski definition) is 5. The SMILES string of the molecule is COC(=O)CCOc1c(CO)cccc1OC. The highest BCUT2D eigenvalue weighted by Gasteiger charge is 2.10. The van der Waals surface area contributed by atoms with Crippen LogP contribution in [0.1, 0.15) is 12.0 Å². The molecule has 0 spiro atoms. The standard InChI is InChI=1S/C12H16O5/c1-15-10-5-3-4-9(8-13)12(10)17-7-6-11(14)16-2/h3-5,13H,6-8H2,1-2H3. The zero-order chi connectivity index (χ0) is 12.7. The van der Waals surface area contributed by atoms with E-state index < -0.39 is 0 Å². The van der Waals surface area contributed by atoms with Crippen LogP contribution in [0.3, 0.4) is 0 Å². The van der Waals surface area contributed by atoms with Gasteiger partial charge in [-0.25, -0.2) is 0 Å². The van der Waals surface area contributed by atoms with Gasteiger partial charge in [0.2, 0.25) is 0 Å². The third-order valence-corrected chi connectivity index (χ3v) is 2.23. The summed E-state index contributed by atoms with van der Waals surface area (Å²) < 4.78 is 15.1. The van der Waals surface area contributed by atoms with Crippen LogP contribution < -0.4 is 9.47 Å². The fourth-order valence-electron chi connectivity index (χ4n) is 1.35. The fourth-order valence-corrected chi connectivity index (χ4v) is 1.35. The molecule has 0 aliphatic rings. The molecular weight excluding hydrogens is 224 g/mol. The smallest absolute Gasteiger partial charge is 0.308 e. The lowest BCUT2D eigenvalue weighted by Crippen LogP contribution is -2.09. The molecule has 0 saturated heterocycles. The van der Waals surface area contributed by atoms with Crippen LogP contribution in [-0.2, 0) is 16.1 Å². The number of benzene rings is 1. The average Bonchev–Trinajstić information content (AvgIpc) is 2.38. The Kier molecular flexibility index (Phi) is 5.29. The van der Waals surface area contributed by atoms with E-state index in [4.69, 9.17) is 14.6 Å². The summed E-state index contributed by atoms with van der Waals surface area (Å²) in [4.78, 5) is 10.9. The third kappa shape index (κ3) is 3.64. The van der Waals surface area contributed by atoms with Crippen molar-refractivity contribution in [3.63, 3.8) is 0 Å². The first-order valence-corrected chi connectivity index (χ1v) is 5.19. The molecule has 0 saturated carbocycles. The molecule has 5 nitrogen and oxygen atoms in total. The maximum Gasteiger partial charge on any atom is 0.308 e. The summed E-state index contributed by atoms with van der Waals surface area (Å²) in [6.07, 6.45) is 0.152. The van der Waals surface area contributed by atoms with Crippen LogP contribution >= 0.6 is 0 Å². The van der Waals surface area contributed by atoms with Gasteiger partial charge in [-0.1, -0.05) is 12.1 Å². The molecule has 0 aliphatic carbocycles. The Hall–Kier alpha value is -1.75. The summed E-state index contributed by atoms with van der Waals surface area (Å²) in [5.41, 5.74) is 0.620. The number of ether oxygens (including phenoxy) is 3. The molecule has 0 aromatic heterocycles. The summed E-state index contributed by atoms with van der Waals surface area (Å²) in [6.45, 7) is 0.0325. The molecule has 0 heterocycles. The number of carbonyl (C=O) groups excluding carboxylic acids is 1. The minimum atomic E-state index is -0.342. The number of methoxy groups -OCH3 is 2. The van der Waals surface area contributed by atoms with Crippen molar-refractivity contribution in [1.29, 1.82) is 0 Å². The molecular formula is C12H16O5. The molecule has 0 aliphatic heterocycles. The lowest BCUT2D eigenvalue weighted by Gasteiger charge is -2.13. The second kappa shape index (κ2) is 6.75. The summed E-state index contributed by atoms with van der Waals surface area (Å²) in [5, 5.41) is 9.17. The quantitative estimate of drug-likeness (QED) is 0.755. The topological polar surface area (TPSA) is 65.0 Å². The van der Waals surface area contributed by atoms with Gasteiger partial charge in [0.25, 0.3) is 0 Å². The highest BCUT2D eigenvalue weighted by atomic mass is 16.5. The Morgan fingerprint density at radius 3 is 2.71 bits per heavy atom. The minimum Gasteiger partial charge on any atom is -0.493 e. The molecule has 0 radical (unpaired) electrons. The van der Waals surface area contributed by atoms with E-state index in [0.29, 0.717) is 17.1 Å². The average molecular weight is 240 g/mol. The van der Waals surface area contributed by atoms with Crippen molar-refractivity contribution in [3.8, 4) is 11.5 Å². The van der Waals surface area contributed by atoms with E-state index in [1.165, 1.54) is 14.2 Å². The van der Waals surface area contributed by atoms with Gasteiger partial charge in [-0.2, -0.15) is 0 Å². The van der Waals surface area contributed by atoms with Gasteiger partial charge in [0.05, 0.1) is 33.9 Å².